The number of pyridine rings is 1. The topological polar surface area (TPSA) is 94.0 Å². The summed E-state index contributed by atoms with van der Waals surface area (Å²) in [7, 11) is 0. The summed E-state index contributed by atoms with van der Waals surface area (Å²) in [6.07, 6.45) is 5.22. The summed E-state index contributed by atoms with van der Waals surface area (Å²) in [5.74, 6) is -0.988. The van der Waals surface area contributed by atoms with Gasteiger partial charge in [0.25, 0.3) is 5.91 Å². The molecule has 1 aromatic carbocycles. The largest absolute Gasteiger partial charge is 0.478 e. The minimum atomic E-state index is -0.913. The van der Waals surface area contributed by atoms with Crippen molar-refractivity contribution in [2.75, 3.05) is 26.2 Å². The first kappa shape index (κ1) is 20.5. The van der Waals surface area contributed by atoms with Gasteiger partial charge in [-0.15, -0.1) is 0 Å². The van der Waals surface area contributed by atoms with Crippen molar-refractivity contribution >= 4 is 11.9 Å². The Hall–Kier alpha value is -2.77. The molecule has 0 aliphatic carbocycles. The Balaban J connectivity index is 1.39. The highest BCUT2D eigenvalue weighted by Crippen LogP contribution is 2.40. The predicted molar refractivity (Wildman–Crippen MR) is 111 cm³/mol. The molecule has 2 aliphatic rings. The van der Waals surface area contributed by atoms with Gasteiger partial charge in [0.15, 0.2) is 0 Å². The molecule has 1 amide bonds. The highest BCUT2D eigenvalue weighted by Gasteiger charge is 2.42. The van der Waals surface area contributed by atoms with E-state index in [9.17, 15) is 19.8 Å². The van der Waals surface area contributed by atoms with E-state index in [-0.39, 0.29) is 11.3 Å². The van der Waals surface area contributed by atoms with Crippen LogP contribution in [0.1, 0.15) is 45.5 Å². The van der Waals surface area contributed by atoms with Crippen LogP contribution in [0.2, 0.25) is 0 Å². The number of β-amino-alcohol motifs (C(OH)–C–C–N with tert-alkyl or cyclic N) is 1. The fourth-order valence-electron chi connectivity index (χ4n) is 4.79. The van der Waals surface area contributed by atoms with Crippen LogP contribution < -0.4 is 0 Å². The Morgan fingerprint density at radius 3 is 2.60 bits per heavy atom. The molecule has 1 atom stereocenters. The van der Waals surface area contributed by atoms with Crippen LogP contribution in [0.4, 0.5) is 0 Å². The van der Waals surface area contributed by atoms with E-state index in [1.54, 1.807) is 47.6 Å². The van der Waals surface area contributed by atoms with E-state index in [1.807, 2.05) is 6.07 Å². The number of carbonyl (C=O) groups excluding carboxylic acids is 1. The van der Waals surface area contributed by atoms with E-state index in [4.69, 9.17) is 0 Å². The van der Waals surface area contributed by atoms with Crippen molar-refractivity contribution in [3.05, 3.63) is 65.5 Å². The van der Waals surface area contributed by atoms with Crippen molar-refractivity contribution in [3.8, 4) is 0 Å². The number of piperidine rings is 2. The molecule has 7 nitrogen and oxygen atoms in total. The van der Waals surface area contributed by atoms with Crippen LogP contribution >= 0.6 is 0 Å². The van der Waals surface area contributed by atoms with Crippen LogP contribution in [0.25, 0.3) is 0 Å². The molecule has 158 valence electrons. The number of amides is 1. The monoisotopic (exact) mass is 409 g/mol. The molecule has 4 rings (SSSR count). The van der Waals surface area contributed by atoms with E-state index in [1.165, 1.54) is 0 Å². The summed E-state index contributed by atoms with van der Waals surface area (Å²) >= 11 is 0. The molecule has 2 fully saturated rings. The summed E-state index contributed by atoms with van der Waals surface area (Å²) in [4.78, 5) is 32.2. The fraction of sp³-hybridized carbons (Fsp3) is 0.435. The maximum absolute atomic E-state index is 12.9. The van der Waals surface area contributed by atoms with Gasteiger partial charge in [-0.25, -0.2) is 4.79 Å². The number of hydrogen-bond donors (Lipinski definition) is 2. The Labute approximate surface area is 176 Å². The van der Waals surface area contributed by atoms with Gasteiger partial charge in [-0.2, -0.15) is 0 Å². The second kappa shape index (κ2) is 8.53. The molecule has 0 bridgehead atoms. The molecule has 0 radical (unpaired) electrons. The lowest BCUT2D eigenvalue weighted by Crippen LogP contribution is -2.55. The van der Waals surface area contributed by atoms with Gasteiger partial charge in [0.05, 0.1) is 17.2 Å². The lowest BCUT2D eigenvalue weighted by molar-refractivity contribution is -0.0337. The number of carboxylic acid groups (broad SMARTS) is 1. The Morgan fingerprint density at radius 1 is 1.13 bits per heavy atom. The lowest BCUT2D eigenvalue weighted by Gasteiger charge is -2.49. The number of rotatable bonds is 4. The first-order valence-corrected chi connectivity index (χ1v) is 10.4. The number of benzene rings is 1. The third kappa shape index (κ3) is 4.52. The normalized spacial score (nSPS) is 21.5. The Bertz CT molecular complexity index is 910. The molecule has 2 aromatic rings. The van der Waals surface area contributed by atoms with Gasteiger partial charge in [0.2, 0.25) is 0 Å². The minimum absolute atomic E-state index is 0.0745. The van der Waals surface area contributed by atoms with E-state index >= 15 is 0 Å². The van der Waals surface area contributed by atoms with Crippen molar-refractivity contribution in [1.82, 2.24) is 14.8 Å². The number of aromatic carboxylic acids is 1. The average molecular weight is 409 g/mol. The van der Waals surface area contributed by atoms with Crippen LogP contribution in [0.3, 0.4) is 0 Å². The summed E-state index contributed by atoms with van der Waals surface area (Å²) in [5.41, 5.74) is 1.77. The van der Waals surface area contributed by atoms with Gasteiger partial charge in [0, 0.05) is 32.0 Å². The second-order valence-electron chi connectivity index (χ2n) is 8.57. The highest BCUT2D eigenvalue weighted by atomic mass is 16.4. The number of carbonyl (C=O) groups is 2. The number of carboxylic acids is 1. The zero-order chi connectivity index (χ0) is 21.1. The molecule has 30 heavy (non-hydrogen) atoms. The van der Waals surface area contributed by atoms with Crippen molar-refractivity contribution in [1.29, 1.82) is 0 Å². The summed E-state index contributed by atoms with van der Waals surface area (Å²) < 4.78 is 0. The maximum atomic E-state index is 12.9. The molecule has 1 spiro atoms. The number of likely N-dealkylation sites (tertiary alicyclic amines) is 2. The molecule has 1 aromatic heterocycles. The van der Waals surface area contributed by atoms with Gasteiger partial charge >= 0.3 is 5.97 Å². The number of aliphatic hydroxyl groups excluding tert-OH is 1. The number of hydrogen-bond acceptors (Lipinski definition) is 5. The van der Waals surface area contributed by atoms with Gasteiger partial charge < -0.3 is 15.1 Å². The first-order chi connectivity index (χ1) is 14.4. The quantitative estimate of drug-likeness (QED) is 0.805. The molecular weight excluding hydrogens is 382 g/mol. The van der Waals surface area contributed by atoms with E-state index in [2.05, 4.69) is 9.88 Å². The molecule has 2 saturated heterocycles. The van der Waals surface area contributed by atoms with E-state index in [0.29, 0.717) is 37.2 Å². The zero-order valence-electron chi connectivity index (χ0n) is 16.9. The Morgan fingerprint density at radius 2 is 1.90 bits per heavy atom. The van der Waals surface area contributed by atoms with Crippen molar-refractivity contribution in [3.63, 3.8) is 0 Å². The first-order valence-electron chi connectivity index (χ1n) is 10.4. The number of nitrogens with zero attached hydrogens (tertiary/aromatic N) is 3. The van der Waals surface area contributed by atoms with Crippen molar-refractivity contribution in [2.45, 2.75) is 31.9 Å². The molecule has 3 heterocycles. The van der Waals surface area contributed by atoms with Crippen LogP contribution in [0.15, 0.2) is 48.8 Å². The summed E-state index contributed by atoms with van der Waals surface area (Å²) in [6.45, 7) is 3.44. The van der Waals surface area contributed by atoms with Crippen LogP contribution in [-0.2, 0) is 6.54 Å². The van der Waals surface area contributed by atoms with E-state index < -0.39 is 12.1 Å². The third-order valence-electron chi connectivity index (χ3n) is 6.32. The highest BCUT2D eigenvalue weighted by molar-refractivity contribution is 5.94. The van der Waals surface area contributed by atoms with Crippen LogP contribution in [0, 0.1) is 5.41 Å². The molecule has 2 aliphatic heterocycles. The molecule has 1 unspecified atom stereocenters. The predicted octanol–water partition coefficient (Wildman–Crippen LogP) is 2.27. The third-order valence-corrected chi connectivity index (χ3v) is 6.32. The summed E-state index contributed by atoms with van der Waals surface area (Å²) in [6, 6.07) is 10.6. The minimum Gasteiger partial charge on any atom is -0.478 e. The number of aliphatic hydroxyl groups is 1. The molecule has 0 saturated carbocycles. The van der Waals surface area contributed by atoms with Crippen molar-refractivity contribution < 1.29 is 19.8 Å². The standard InChI is InChI=1S/C23H27N3O4/c27-20-12-23(16-26(15-20)21(28)19-5-2-8-24-13-19)6-9-25(10-7-23)14-17-3-1-4-18(11-17)22(29)30/h1-5,8,11,13,20,27H,6-7,9-10,12,14-16H2,(H,29,30). The van der Waals surface area contributed by atoms with Gasteiger partial charge in [-0.3, -0.25) is 14.7 Å². The van der Waals surface area contributed by atoms with Gasteiger partial charge in [-0.05, 0) is 67.6 Å². The molecule has 2 N–H and O–H groups in total. The lowest BCUT2D eigenvalue weighted by atomic mass is 9.71. The zero-order valence-corrected chi connectivity index (χ0v) is 16.9. The Kier molecular flexibility index (Phi) is 5.83. The second-order valence-corrected chi connectivity index (χ2v) is 8.57. The molecular formula is C23H27N3O4. The maximum Gasteiger partial charge on any atom is 0.335 e. The van der Waals surface area contributed by atoms with E-state index in [0.717, 1.165) is 31.5 Å². The fourth-order valence-corrected chi connectivity index (χ4v) is 4.79. The SMILES string of the molecule is O=C(O)c1cccc(CN2CCC3(CC2)CC(O)CN(C(=O)c2cccnc2)C3)c1. The van der Waals surface area contributed by atoms with Crippen LogP contribution in [-0.4, -0.2) is 69.2 Å². The average Bonchev–Trinajstić information content (AvgIpc) is 2.75. The smallest absolute Gasteiger partial charge is 0.335 e. The van der Waals surface area contributed by atoms with Crippen molar-refractivity contribution in [2.24, 2.45) is 5.41 Å². The summed E-state index contributed by atoms with van der Waals surface area (Å²) in [5, 5.41) is 19.7. The van der Waals surface area contributed by atoms with Crippen LogP contribution in [0.5, 0.6) is 0 Å². The van der Waals surface area contributed by atoms with Gasteiger partial charge in [-0.1, -0.05) is 12.1 Å². The van der Waals surface area contributed by atoms with Gasteiger partial charge in [0.1, 0.15) is 0 Å². The number of aromatic nitrogens is 1. The molecule has 7 heteroatoms.